The summed E-state index contributed by atoms with van der Waals surface area (Å²) >= 11 is 5.95. The van der Waals surface area contributed by atoms with Gasteiger partial charge in [-0.2, -0.15) is 0 Å². The fourth-order valence-corrected chi connectivity index (χ4v) is 3.03. The molecule has 3 rings (SSSR count). The zero-order valence-corrected chi connectivity index (χ0v) is 12.4. The monoisotopic (exact) mass is 289 g/mol. The smallest absolute Gasteiger partial charge is 0.221 e. The van der Waals surface area contributed by atoms with Gasteiger partial charge in [0.05, 0.1) is 11.6 Å². The number of nitrogens with zero attached hydrogens (tertiary/aromatic N) is 1. The normalized spacial score (nSPS) is 17.1. The summed E-state index contributed by atoms with van der Waals surface area (Å²) in [6.07, 6.45) is 7.77. The minimum atomic E-state index is 0.305. The summed E-state index contributed by atoms with van der Waals surface area (Å²) in [7, 11) is 0. The molecule has 1 saturated carbocycles. The summed E-state index contributed by atoms with van der Waals surface area (Å²) in [5.41, 5.74) is 0.883. The number of rotatable bonds is 3. The van der Waals surface area contributed by atoms with Crippen LogP contribution in [-0.4, -0.2) is 11.1 Å². The van der Waals surface area contributed by atoms with Crippen molar-refractivity contribution in [2.24, 2.45) is 0 Å². The average Bonchev–Trinajstić information content (AvgIpc) is 2.75. The van der Waals surface area contributed by atoms with E-state index in [-0.39, 0.29) is 0 Å². The van der Waals surface area contributed by atoms with E-state index in [4.69, 9.17) is 16.3 Å². The number of pyridine rings is 1. The summed E-state index contributed by atoms with van der Waals surface area (Å²) in [4.78, 5) is 4.59. The van der Waals surface area contributed by atoms with Crippen LogP contribution >= 0.6 is 11.6 Å². The van der Waals surface area contributed by atoms with Gasteiger partial charge in [0.15, 0.2) is 0 Å². The third kappa shape index (κ3) is 3.06. The van der Waals surface area contributed by atoms with Gasteiger partial charge in [-0.25, -0.2) is 4.98 Å². The Morgan fingerprint density at radius 1 is 1.10 bits per heavy atom. The molecule has 0 aliphatic heterocycles. The average molecular weight is 290 g/mol. The first kappa shape index (κ1) is 13.7. The fourth-order valence-electron chi connectivity index (χ4n) is 2.90. The molecule has 1 heterocycles. The van der Waals surface area contributed by atoms with Crippen LogP contribution in [0.15, 0.2) is 30.3 Å². The number of ether oxygens (including phenoxy) is 1. The highest BCUT2D eigenvalue weighted by atomic mass is 35.5. The van der Waals surface area contributed by atoms with Gasteiger partial charge >= 0.3 is 0 Å². The summed E-state index contributed by atoms with van der Waals surface area (Å²) in [6, 6.07) is 10.3. The van der Waals surface area contributed by atoms with E-state index in [1.807, 2.05) is 18.2 Å². The van der Waals surface area contributed by atoms with E-state index >= 15 is 0 Å². The summed E-state index contributed by atoms with van der Waals surface area (Å²) < 4.78 is 6.22. The number of fused-ring (bicyclic) bond motifs is 1. The molecule has 1 aromatic carbocycles. The Balaban J connectivity index is 1.92. The molecule has 0 amide bonds. The topological polar surface area (TPSA) is 22.1 Å². The van der Waals surface area contributed by atoms with Crippen molar-refractivity contribution in [2.75, 3.05) is 0 Å². The van der Waals surface area contributed by atoms with E-state index in [2.05, 4.69) is 17.1 Å². The lowest BCUT2D eigenvalue weighted by Gasteiger charge is -2.18. The van der Waals surface area contributed by atoms with Crippen molar-refractivity contribution >= 4 is 22.4 Å². The van der Waals surface area contributed by atoms with Gasteiger partial charge in [-0.15, -0.1) is 11.6 Å². The number of halogens is 1. The van der Waals surface area contributed by atoms with E-state index < -0.39 is 0 Å². The van der Waals surface area contributed by atoms with Crippen LogP contribution in [0.2, 0.25) is 0 Å². The van der Waals surface area contributed by atoms with Crippen LogP contribution in [0.5, 0.6) is 5.88 Å². The van der Waals surface area contributed by atoms with Crippen molar-refractivity contribution in [3.05, 3.63) is 36.0 Å². The second kappa shape index (κ2) is 6.45. The number of hydrogen-bond donors (Lipinski definition) is 0. The van der Waals surface area contributed by atoms with Crippen molar-refractivity contribution in [2.45, 2.75) is 50.5 Å². The maximum atomic E-state index is 6.22. The first-order chi connectivity index (χ1) is 9.86. The predicted octanol–water partition coefficient (Wildman–Crippen LogP) is 5.08. The predicted molar refractivity (Wildman–Crippen MR) is 83.4 cm³/mol. The lowest BCUT2D eigenvalue weighted by atomic mass is 10.1. The van der Waals surface area contributed by atoms with Crippen molar-refractivity contribution < 1.29 is 4.74 Å². The molecule has 1 aliphatic carbocycles. The minimum absolute atomic E-state index is 0.305. The summed E-state index contributed by atoms with van der Waals surface area (Å²) in [5, 5.41) is 2.24. The molecule has 1 fully saturated rings. The molecule has 1 aliphatic rings. The van der Waals surface area contributed by atoms with E-state index in [0.717, 1.165) is 35.2 Å². The number of benzene rings is 1. The molecule has 0 atom stereocenters. The first-order valence-corrected chi connectivity index (χ1v) is 8.01. The quantitative estimate of drug-likeness (QED) is 0.581. The summed E-state index contributed by atoms with van der Waals surface area (Å²) in [6.45, 7) is 0. The molecule has 20 heavy (non-hydrogen) atoms. The lowest BCUT2D eigenvalue weighted by Crippen LogP contribution is -2.16. The Morgan fingerprint density at radius 3 is 2.60 bits per heavy atom. The molecule has 0 N–H and O–H groups in total. The number of aromatic nitrogens is 1. The number of hydrogen-bond acceptors (Lipinski definition) is 2. The molecule has 0 spiro atoms. The molecule has 3 heteroatoms. The zero-order chi connectivity index (χ0) is 13.8. The third-order valence-corrected chi connectivity index (χ3v) is 4.25. The molecule has 2 aromatic rings. The van der Waals surface area contributed by atoms with Crippen LogP contribution in [0, 0.1) is 0 Å². The van der Waals surface area contributed by atoms with Crippen molar-refractivity contribution in [3.8, 4) is 5.88 Å². The molecule has 0 bridgehead atoms. The minimum Gasteiger partial charge on any atom is -0.474 e. The van der Waals surface area contributed by atoms with Crippen LogP contribution in [0.4, 0.5) is 0 Å². The largest absolute Gasteiger partial charge is 0.474 e. The molecular weight excluding hydrogens is 270 g/mol. The molecule has 106 valence electrons. The first-order valence-electron chi connectivity index (χ1n) is 7.48. The van der Waals surface area contributed by atoms with Crippen LogP contribution in [0.25, 0.3) is 10.8 Å². The maximum Gasteiger partial charge on any atom is 0.221 e. The zero-order valence-electron chi connectivity index (χ0n) is 11.6. The Labute approximate surface area is 125 Å². The van der Waals surface area contributed by atoms with Crippen molar-refractivity contribution in [1.29, 1.82) is 0 Å². The lowest BCUT2D eigenvalue weighted by molar-refractivity contribution is 0.178. The Morgan fingerprint density at radius 2 is 1.85 bits per heavy atom. The summed E-state index contributed by atoms with van der Waals surface area (Å²) in [5.74, 6) is 1.18. The highest BCUT2D eigenvalue weighted by Gasteiger charge is 2.16. The van der Waals surface area contributed by atoms with Crippen LogP contribution in [0.1, 0.15) is 44.2 Å². The van der Waals surface area contributed by atoms with Gasteiger partial charge in [-0.05, 0) is 43.2 Å². The Bertz CT molecular complexity index is 576. The fraction of sp³-hybridized carbons (Fsp3) is 0.471. The van der Waals surface area contributed by atoms with Crippen LogP contribution < -0.4 is 4.74 Å². The second-order valence-electron chi connectivity index (χ2n) is 5.50. The van der Waals surface area contributed by atoms with Gasteiger partial charge in [0.2, 0.25) is 5.88 Å². The van der Waals surface area contributed by atoms with Gasteiger partial charge < -0.3 is 4.74 Å². The molecule has 1 aromatic heterocycles. The SMILES string of the molecule is ClCc1cc2ccccc2c(OC2CCCCCC2)n1. The van der Waals surface area contributed by atoms with Crippen LogP contribution in [0.3, 0.4) is 0 Å². The molecule has 2 nitrogen and oxygen atoms in total. The van der Waals surface area contributed by atoms with E-state index in [0.29, 0.717) is 12.0 Å². The maximum absolute atomic E-state index is 6.22. The molecular formula is C17H20ClNO. The second-order valence-corrected chi connectivity index (χ2v) is 5.77. The molecule has 0 radical (unpaired) electrons. The van der Waals surface area contributed by atoms with E-state index in [9.17, 15) is 0 Å². The van der Waals surface area contributed by atoms with E-state index in [1.165, 1.54) is 25.7 Å². The van der Waals surface area contributed by atoms with Gasteiger partial charge in [-0.3, -0.25) is 0 Å². The van der Waals surface area contributed by atoms with Gasteiger partial charge in [0.1, 0.15) is 6.10 Å². The Hall–Kier alpha value is -1.28. The highest BCUT2D eigenvalue weighted by Crippen LogP contribution is 2.28. The standard InChI is InChI=1S/C17H20ClNO/c18-12-14-11-13-7-5-6-10-16(13)17(19-14)20-15-8-3-1-2-4-9-15/h5-7,10-11,15H,1-4,8-9,12H2. The highest BCUT2D eigenvalue weighted by molar-refractivity contribution is 6.17. The Kier molecular flexibility index (Phi) is 4.41. The third-order valence-electron chi connectivity index (χ3n) is 3.98. The number of alkyl halides is 1. The van der Waals surface area contributed by atoms with Gasteiger partial charge in [0, 0.05) is 5.39 Å². The van der Waals surface area contributed by atoms with Gasteiger partial charge in [-0.1, -0.05) is 31.0 Å². The van der Waals surface area contributed by atoms with E-state index in [1.54, 1.807) is 0 Å². The van der Waals surface area contributed by atoms with Gasteiger partial charge in [0.25, 0.3) is 0 Å². The van der Waals surface area contributed by atoms with Crippen molar-refractivity contribution in [1.82, 2.24) is 4.98 Å². The van der Waals surface area contributed by atoms with Crippen LogP contribution in [-0.2, 0) is 5.88 Å². The molecule has 0 unspecified atom stereocenters. The molecule has 0 saturated heterocycles. The van der Waals surface area contributed by atoms with Crippen molar-refractivity contribution in [3.63, 3.8) is 0 Å².